The van der Waals surface area contributed by atoms with Gasteiger partial charge >= 0.3 is 0 Å². The minimum absolute atomic E-state index is 0. The molecular weight excluding hydrogens is 605 g/mol. The van der Waals surface area contributed by atoms with E-state index in [9.17, 15) is 0 Å². The summed E-state index contributed by atoms with van der Waals surface area (Å²) in [6.07, 6.45) is 1.55. The molecule has 4 aromatic carbocycles. The number of ether oxygens (including phenoxy) is 1. The van der Waals surface area contributed by atoms with E-state index in [1.165, 1.54) is 5.39 Å². The van der Waals surface area contributed by atoms with Gasteiger partial charge in [0.25, 0.3) is 0 Å². The van der Waals surface area contributed by atoms with Crippen LogP contribution in [0.5, 0.6) is 5.75 Å². The number of nitrogens with zero attached hydrogens (tertiary/aromatic N) is 2. The third-order valence-electron chi connectivity index (χ3n) is 5.39. The van der Waals surface area contributed by atoms with Crippen molar-refractivity contribution in [2.45, 2.75) is 32.5 Å². The van der Waals surface area contributed by atoms with Crippen molar-refractivity contribution in [3.05, 3.63) is 79.0 Å². The summed E-state index contributed by atoms with van der Waals surface area (Å²) in [5.74, 6) is 0.807. The molecule has 0 saturated carbocycles. The van der Waals surface area contributed by atoms with Crippen molar-refractivity contribution >= 4 is 32.6 Å². The molecule has 0 aliphatic heterocycles. The smallest absolute Gasteiger partial charge is 0.119 e. The number of hydrogen-bond donors (Lipinski definition) is 2. The molecule has 2 unspecified atom stereocenters. The Hall–Kier alpha value is -2.89. The van der Waals surface area contributed by atoms with Gasteiger partial charge in [-0.25, -0.2) is 0 Å². The third-order valence-corrected chi connectivity index (χ3v) is 5.39. The molecule has 177 valence electrons. The van der Waals surface area contributed by atoms with Crippen LogP contribution in [0.15, 0.2) is 72.9 Å². The van der Waals surface area contributed by atoms with Gasteiger partial charge in [0.15, 0.2) is 0 Å². The van der Waals surface area contributed by atoms with E-state index >= 15 is 0 Å². The van der Waals surface area contributed by atoms with Gasteiger partial charge in [0.2, 0.25) is 0 Å². The van der Waals surface area contributed by atoms with Crippen molar-refractivity contribution in [2.75, 3.05) is 7.11 Å². The van der Waals surface area contributed by atoms with E-state index in [0.717, 1.165) is 44.2 Å². The Bertz CT molecular complexity index is 1360. The Kier molecular flexibility index (Phi) is 8.70. The molecule has 0 saturated heterocycles. The summed E-state index contributed by atoms with van der Waals surface area (Å²) < 4.78 is 5.34. The molecule has 5 nitrogen and oxygen atoms in total. The number of benzene rings is 4. The molecule has 6 heteroatoms. The first-order chi connectivity index (χ1) is 16.0. The van der Waals surface area contributed by atoms with Crippen LogP contribution in [-0.4, -0.2) is 39.5 Å². The first-order valence-corrected chi connectivity index (χ1v) is 11.0. The Labute approximate surface area is 212 Å². The van der Waals surface area contributed by atoms with Crippen molar-refractivity contribution in [1.82, 2.24) is 9.97 Å². The van der Waals surface area contributed by atoms with Crippen LogP contribution in [0, 0.1) is 6.07 Å². The maximum absolute atomic E-state index is 8.56. The minimum atomic E-state index is -0.375. The summed E-state index contributed by atoms with van der Waals surface area (Å²) >= 11 is 0. The molecule has 5 rings (SSSR count). The van der Waals surface area contributed by atoms with Crippen LogP contribution in [0.2, 0.25) is 0 Å². The van der Waals surface area contributed by atoms with E-state index in [1.54, 1.807) is 21.0 Å². The number of aromatic nitrogens is 2. The molecule has 34 heavy (non-hydrogen) atoms. The fraction of sp³-hybridized carbons (Fsp3) is 0.214. The van der Waals surface area contributed by atoms with Crippen LogP contribution in [0.4, 0.5) is 0 Å². The van der Waals surface area contributed by atoms with Crippen molar-refractivity contribution in [1.29, 1.82) is 0 Å². The van der Waals surface area contributed by atoms with E-state index < -0.39 is 0 Å². The standard InChI is InChI=1S/C23H15N2O.C5H12O2.Ir/c1-26-16-8-6-7-15(13-16)21-14-24-22-19-11-4-2-9-17(19)18-10-3-5-12-20(18)23(22)25-21;1-4(6)3-5(2)7;/h2-10,12-14H,1H3;4-7H,3H2,1-2H3;/q-1;;. The normalized spacial score (nSPS) is 12.5. The summed E-state index contributed by atoms with van der Waals surface area (Å²) in [7, 11) is 1.67. The Morgan fingerprint density at radius 2 is 1.59 bits per heavy atom. The van der Waals surface area contributed by atoms with Gasteiger partial charge < -0.3 is 19.9 Å². The van der Waals surface area contributed by atoms with Crippen LogP contribution >= 0.6 is 0 Å². The molecule has 0 bridgehead atoms. The van der Waals surface area contributed by atoms with Gasteiger partial charge in [0.1, 0.15) is 5.75 Å². The SMILES string of the molecule is CC(O)CC(C)O.COc1cccc(-c2cnc3c4[c-]cccc4c4ccccc4c3n2)c1.[Ir]. The molecule has 0 spiro atoms. The molecule has 2 N–H and O–H groups in total. The first-order valence-electron chi connectivity index (χ1n) is 11.0. The third kappa shape index (κ3) is 5.60. The summed E-state index contributed by atoms with van der Waals surface area (Å²) in [5.41, 5.74) is 3.60. The number of fused-ring (bicyclic) bond motifs is 6. The number of aliphatic hydroxyl groups excluding tert-OH is 2. The Balaban J connectivity index is 0.000000357. The predicted octanol–water partition coefficient (Wildman–Crippen LogP) is 5.55. The van der Waals surface area contributed by atoms with Gasteiger partial charge in [-0.1, -0.05) is 47.2 Å². The summed E-state index contributed by atoms with van der Waals surface area (Å²) in [6.45, 7) is 3.32. The fourth-order valence-corrected chi connectivity index (χ4v) is 3.96. The molecular formula is C28H27IrN2O3-. The van der Waals surface area contributed by atoms with Gasteiger partial charge in [0.05, 0.1) is 30.5 Å². The fourth-order valence-electron chi connectivity index (χ4n) is 3.96. The van der Waals surface area contributed by atoms with E-state index in [0.29, 0.717) is 6.42 Å². The van der Waals surface area contributed by atoms with Crippen molar-refractivity contribution in [3.63, 3.8) is 0 Å². The first kappa shape index (κ1) is 25.7. The van der Waals surface area contributed by atoms with Crippen LogP contribution in [-0.2, 0) is 20.1 Å². The maximum Gasteiger partial charge on any atom is 0.119 e. The zero-order valence-electron chi connectivity index (χ0n) is 19.3. The topological polar surface area (TPSA) is 75.5 Å². The Morgan fingerprint density at radius 1 is 0.882 bits per heavy atom. The average molecular weight is 632 g/mol. The van der Waals surface area contributed by atoms with E-state index in [1.807, 2.05) is 48.7 Å². The van der Waals surface area contributed by atoms with Crippen LogP contribution in [0.1, 0.15) is 20.3 Å². The molecule has 0 aliphatic rings. The van der Waals surface area contributed by atoms with Crippen molar-refractivity contribution in [2.24, 2.45) is 0 Å². The second kappa shape index (κ2) is 11.5. The molecule has 5 aromatic rings. The largest absolute Gasteiger partial charge is 0.497 e. The predicted molar refractivity (Wildman–Crippen MR) is 133 cm³/mol. The van der Waals surface area contributed by atoms with Gasteiger partial charge in [-0.15, -0.1) is 29.7 Å². The second-order valence-electron chi connectivity index (χ2n) is 8.12. The summed E-state index contributed by atoms with van der Waals surface area (Å²) in [5, 5.41) is 21.6. The molecule has 1 aromatic heterocycles. The van der Waals surface area contributed by atoms with E-state index in [4.69, 9.17) is 24.9 Å². The molecule has 1 heterocycles. The maximum atomic E-state index is 8.56. The van der Waals surface area contributed by atoms with Crippen LogP contribution in [0.3, 0.4) is 0 Å². The molecule has 0 fully saturated rings. The average Bonchev–Trinajstić information content (AvgIpc) is 2.83. The Morgan fingerprint density at radius 3 is 2.26 bits per heavy atom. The van der Waals surface area contributed by atoms with E-state index in [-0.39, 0.29) is 32.3 Å². The van der Waals surface area contributed by atoms with Gasteiger partial charge in [-0.3, -0.25) is 4.98 Å². The molecule has 1 radical (unpaired) electrons. The van der Waals surface area contributed by atoms with E-state index in [2.05, 4.69) is 30.3 Å². The van der Waals surface area contributed by atoms with Gasteiger partial charge in [0, 0.05) is 37.4 Å². The van der Waals surface area contributed by atoms with Gasteiger partial charge in [-0.2, -0.15) is 0 Å². The van der Waals surface area contributed by atoms with Crippen LogP contribution in [0.25, 0.3) is 43.8 Å². The quantitative estimate of drug-likeness (QED) is 0.201. The minimum Gasteiger partial charge on any atom is -0.497 e. The van der Waals surface area contributed by atoms with Crippen LogP contribution < -0.4 is 4.74 Å². The molecule has 2 atom stereocenters. The van der Waals surface area contributed by atoms with Gasteiger partial charge in [-0.05, 0) is 37.8 Å². The molecule has 0 amide bonds. The summed E-state index contributed by atoms with van der Waals surface area (Å²) in [4.78, 5) is 9.72. The number of rotatable bonds is 4. The zero-order valence-corrected chi connectivity index (χ0v) is 21.7. The number of methoxy groups -OCH3 is 1. The second-order valence-corrected chi connectivity index (χ2v) is 8.12. The number of hydrogen-bond acceptors (Lipinski definition) is 5. The van der Waals surface area contributed by atoms with Crippen molar-refractivity contribution in [3.8, 4) is 17.0 Å². The number of aliphatic hydroxyl groups is 2. The van der Waals surface area contributed by atoms with Crippen molar-refractivity contribution < 1.29 is 35.1 Å². The molecule has 0 aliphatic carbocycles. The zero-order chi connectivity index (χ0) is 23.4. The monoisotopic (exact) mass is 632 g/mol. The summed E-state index contributed by atoms with van der Waals surface area (Å²) in [6, 6.07) is 25.6.